The summed E-state index contributed by atoms with van der Waals surface area (Å²) in [5.74, 6) is 0.301. The van der Waals surface area contributed by atoms with E-state index in [0.29, 0.717) is 0 Å². The first kappa shape index (κ1) is 14.4. The number of amides is 1. The predicted octanol–water partition coefficient (Wildman–Crippen LogP) is 2.59. The lowest BCUT2D eigenvalue weighted by molar-refractivity contribution is -0.126. The Labute approximate surface area is 119 Å². The average Bonchev–Trinajstić information content (AvgIpc) is 2.48. The van der Waals surface area contributed by atoms with E-state index in [1.54, 1.807) is 11.8 Å². The molecule has 1 aliphatic rings. The van der Waals surface area contributed by atoms with Crippen LogP contribution in [0.5, 0.6) is 0 Å². The minimum atomic E-state index is 0.0744. The number of thioether (sulfide) groups is 1. The molecule has 1 unspecified atom stereocenters. The van der Waals surface area contributed by atoms with Crippen LogP contribution in [-0.2, 0) is 4.79 Å². The Morgan fingerprint density at radius 2 is 2.16 bits per heavy atom. The SMILES string of the molecule is CSc1ccc(C(C)NC(=O)[C@@H]2CCCNC2)cc1. The number of carbonyl (C=O) groups excluding carboxylic acids is 1. The molecule has 0 saturated carbocycles. The molecule has 0 bridgehead atoms. The predicted molar refractivity (Wildman–Crippen MR) is 80.4 cm³/mol. The second-order valence-corrected chi connectivity index (χ2v) is 5.93. The summed E-state index contributed by atoms with van der Waals surface area (Å²) >= 11 is 1.73. The van der Waals surface area contributed by atoms with E-state index >= 15 is 0 Å². The molecule has 1 amide bonds. The van der Waals surface area contributed by atoms with Crippen LogP contribution >= 0.6 is 11.8 Å². The van der Waals surface area contributed by atoms with Gasteiger partial charge in [0.15, 0.2) is 0 Å². The quantitative estimate of drug-likeness (QED) is 0.832. The first-order valence-electron chi connectivity index (χ1n) is 6.85. The number of nitrogens with one attached hydrogen (secondary N) is 2. The normalized spacial score (nSPS) is 20.8. The topological polar surface area (TPSA) is 41.1 Å². The van der Waals surface area contributed by atoms with Crippen LogP contribution in [0.4, 0.5) is 0 Å². The van der Waals surface area contributed by atoms with Crippen LogP contribution < -0.4 is 10.6 Å². The van der Waals surface area contributed by atoms with E-state index in [2.05, 4.69) is 41.2 Å². The van der Waals surface area contributed by atoms with Gasteiger partial charge in [0.25, 0.3) is 0 Å². The van der Waals surface area contributed by atoms with Crippen LogP contribution in [0.3, 0.4) is 0 Å². The highest BCUT2D eigenvalue weighted by atomic mass is 32.2. The van der Waals surface area contributed by atoms with Crippen molar-refractivity contribution in [2.75, 3.05) is 19.3 Å². The number of piperidine rings is 1. The molecular formula is C15H22N2OS. The van der Waals surface area contributed by atoms with Gasteiger partial charge in [-0.2, -0.15) is 0 Å². The van der Waals surface area contributed by atoms with Crippen LogP contribution in [0.25, 0.3) is 0 Å². The minimum Gasteiger partial charge on any atom is -0.349 e. The fraction of sp³-hybridized carbons (Fsp3) is 0.533. The van der Waals surface area contributed by atoms with Crippen LogP contribution in [0.15, 0.2) is 29.2 Å². The van der Waals surface area contributed by atoms with E-state index in [-0.39, 0.29) is 17.9 Å². The maximum absolute atomic E-state index is 12.1. The zero-order valence-electron chi connectivity index (χ0n) is 11.6. The standard InChI is InChI=1S/C15H22N2OS/c1-11(12-5-7-14(19-2)8-6-12)17-15(18)13-4-3-9-16-10-13/h5-8,11,13,16H,3-4,9-10H2,1-2H3,(H,17,18)/t11?,13-/m1/s1. The maximum Gasteiger partial charge on any atom is 0.224 e. The third-order valence-electron chi connectivity index (χ3n) is 3.64. The summed E-state index contributed by atoms with van der Waals surface area (Å²) in [5, 5.41) is 6.40. The van der Waals surface area contributed by atoms with E-state index in [1.807, 2.05) is 6.92 Å². The summed E-state index contributed by atoms with van der Waals surface area (Å²) < 4.78 is 0. The van der Waals surface area contributed by atoms with Crippen LogP contribution in [0, 0.1) is 5.92 Å². The molecule has 19 heavy (non-hydrogen) atoms. The molecule has 104 valence electrons. The highest BCUT2D eigenvalue weighted by Crippen LogP contribution is 2.19. The molecule has 2 N–H and O–H groups in total. The molecule has 0 aromatic heterocycles. The molecule has 1 heterocycles. The van der Waals surface area contributed by atoms with Crippen molar-refractivity contribution in [2.24, 2.45) is 5.92 Å². The molecule has 1 saturated heterocycles. The fourth-order valence-corrected chi connectivity index (χ4v) is 2.79. The lowest BCUT2D eigenvalue weighted by Gasteiger charge is -2.24. The first-order valence-corrected chi connectivity index (χ1v) is 8.08. The summed E-state index contributed by atoms with van der Waals surface area (Å²) in [4.78, 5) is 13.4. The van der Waals surface area contributed by atoms with Gasteiger partial charge in [-0.15, -0.1) is 11.8 Å². The van der Waals surface area contributed by atoms with Crippen molar-refractivity contribution < 1.29 is 4.79 Å². The molecule has 1 fully saturated rings. The van der Waals surface area contributed by atoms with E-state index in [4.69, 9.17) is 0 Å². The lowest BCUT2D eigenvalue weighted by atomic mass is 9.98. The molecular weight excluding hydrogens is 256 g/mol. The molecule has 4 heteroatoms. The van der Waals surface area contributed by atoms with Gasteiger partial charge in [-0.05, 0) is 50.3 Å². The molecule has 2 rings (SSSR count). The summed E-state index contributed by atoms with van der Waals surface area (Å²) in [6.07, 6.45) is 4.15. The fourth-order valence-electron chi connectivity index (χ4n) is 2.38. The average molecular weight is 278 g/mol. The Morgan fingerprint density at radius 3 is 2.74 bits per heavy atom. The summed E-state index contributed by atoms with van der Waals surface area (Å²) in [5.41, 5.74) is 1.16. The van der Waals surface area contributed by atoms with Crippen molar-refractivity contribution >= 4 is 17.7 Å². The number of carbonyl (C=O) groups is 1. The second kappa shape index (κ2) is 6.96. The van der Waals surface area contributed by atoms with Gasteiger partial charge in [-0.3, -0.25) is 4.79 Å². The lowest BCUT2D eigenvalue weighted by Crippen LogP contribution is -2.41. The van der Waals surface area contributed by atoms with Crippen molar-refractivity contribution in [3.05, 3.63) is 29.8 Å². The molecule has 0 spiro atoms. The van der Waals surface area contributed by atoms with Crippen molar-refractivity contribution in [3.63, 3.8) is 0 Å². The Kier molecular flexibility index (Phi) is 5.28. The van der Waals surface area contributed by atoms with Gasteiger partial charge in [0.2, 0.25) is 5.91 Å². The second-order valence-electron chi connectivity index (χ2n) is 5.05. The molecule has 0 aliphatic carbocycles. The van der Waals surface area contributed by atoms with E-state index < -0.39 is 0 Å². The zero-order valence-corrected chi connectivity index (χ0v) is 12.4. The smallest absolute Gasteiger partial charge is 0.224 e. The monoisotopic (exact) mass is 278 g/mol. The molecule has 1 aliphatic heterocycles. The van der Waals surface area contributed by atoms with Crippen molar-refractivity contribution in [1.29, 1.82) is 0 Å². The summed E-state index contributed by atoms with van der Waals surface area (Å²) in [7, 11) is 0. The van der Waals surface area contributed by atoms with E-state index in [0.717, 1.165) is 31.5 Å². The van der Waals surface area contributed by atoms with Crippen LogP contribution in [-0.4, -0.2) is 25.3 Å². The van der Waals surface area contributed by atoms with Gasteiger partial charge in [0.05, 0.1) is 12.0 Å². The summed E-state index contributed by atoms with van der Waals surface area (Å²) in [6, 6.07) is 8.46. The van der Waals surface area contributed by atoms with Gasteiger partial charge in [-0.1, -0.05) is 12.1 Å². The zero-order chi connectivity index (χ0) is 13.7. The van der Waals surface area contributed by atoms with Crippen LogP contribution in [0.2, 0.25) is 0 Å². The molecule has 1 aromatic carbocycles. The Balaban J connectivity index is 1.91. The van der Waals surface area contributed by atoms with Crippen LogP contribution in [0.1, 0.15) is 31.4 Å². The Hall–Kier alpha value is -1.00. The molecule has 0 radical (unpaired) electrons. The maximum atomic E-state index is 12.1. The minimum absolute atomic E-state index is 0.0744. The number of rotatable bonds is 4. The Morgan fingerprint density at radius 1 is 1.42 bits per heavy atom. The first-order chi connectivity index (χ1) is 9.20. The molecule has 3 nitrogen and oxygen atoms in total. The molecule has 1 aromatic rings. The van der Waals surface area contributed by atoms with E-state index in [9.17, 15) is 4.79 Å². The van der Waals surface area contributed by atoms with Gasteiger partial charge < -0.3 is 10.6 Å². The van der Waals surface area contributed by atoms with Gasteiger partial charge >= 0.3 is 0 Å². The number of hydrogen-bond acceptors (Lipinski definition) is 3. The highest BCUT2D eigenvalue weighted by Gasteiger charge is 2.22. The largest absolute Gasteiger partial charge is 0.349 e. The Bertz CT molecular complexity index is 413. The highest BCUT2D eigenvalue weighted by molar-refractivity contribution is 7.98. The van der Waals surface area contributed by atoms with Gasteiger partial charge in [-0.25, -0.2) is 0 Å². The number of hydrogen-bond donors (Lipinski definition) is 2. The van der Waals surface area contributed by atoms with Crippen molar-refractivity contribution in [3.8, 4) is 0 Å². The van der Waals surface area contributed by atoms with Crippen molar-refractivity contribution in [1.82, 2.24) is 10.6 Å². The van der Waals surface area contributed by atoms with Gasteiger partial charge in [0, 0.05) is 11.4 Å². The van der Waals surface area contributed by atoms with Gasteiger partial charge in [0.1, 0.15) is 0 Å². The third-order valence-corrected chi connectivity index (χ3v) is 4.39. The van der Waals surface area contributed by atoms with Crippen molar-refractivity contribution in [2.45, 2.75) is 30.7 Å². The third kappa shape index (κ3) is 3.98. The van der Waals surface area contributed by atoms with E-state index in [1.165, 1.54) is 4.90 Å². The summed E-state index contributed by atoms with van der Waals surface area (Å²) in [6.45, 7) is 3.89. The molecule has 2 atom stereocenters. The number of benzene rings is 1.